The number of aryl methyl sites for hydroxylation is 2. The molecular formula is C12H14BrN3. The zero-order chi connectivity index (χ0) is 11.5. The van der Waals surface area contributed by atoms with E-state index in [4.69, 9.17) is 5.73 Å². The highest BCUT2D eigenvalue weighted by molar-refractivity contribution is 9.10. The summed E-state index contributed by atoms with van der Waals surface area (Å²) in [6, 6.07) is 8.36. The van der Waals surface area contributed by atoms with Crippen molar-refractivity contribution in [3.05, 3.63) is 46.2 Å². The van der Waals surface area contributed by atoms with Crippen molar-refractivity contribution in [3.63, 3.8) is 0 Å². The molecule has 2 N–H and O–H groups in total. The Bertz CT molecular complexity index is 454. The average molecular weight is 280 g/mol. The van der Waals surface area contributed by atoms with Gasteiger partial charge in [0.15, 0.2) is 0 Å². The summed E-state index contributed by atoms with van der Waals surface area (Å²) in [4.78, 5) is 0. The number of nitrogens with zero attached hydrogens (tertiary/aromatic N) is 2. The van der Waals surface area contributed by atoms with E-state index in [1.54, 1.807) is 6.20 Å². The Morgan fingerprint density at radius 3 is 2.50 bits per heavy atom. The number of nitrogen functional groups attached to an aromatic ring is 1. The lowest BCUT2D eigenvalue weighted by Crippen LogP contribution is -2.02. The number of halogens is 1. The molecule has 0 aliphatic carbocycles. The van der Waals surface area contributed by atoms with Crippen LogP contribution in [0.3, 0.4) is 0 Å². The molecule has 0 fully saturated rings. The molecule has 1 aromatic heterocycles. The molecule has 4 heteroatoms. The van der Waals surface area contributed by atoms with Crippen LogP contribution in [0.5, 0.6) is 0 Å². The largest absolute Gasteiger partial charge is 0.396 e. The van der Waals surface area contributed by atoms with E-state index in [1.165, 1.54) is 5.56 Å². The minimum atomic E-state index is 0.777. The molecule has 16 heavy (non-hydrogen) atoms. The second kappa shape index (κ2) is 4.70. The molecule has 0 radical (unpaired) electrons. The molecule has 0 saturated heterocycles. The molecule has 0 spiro atoms. The Kier molecular flexibility index (Phi) is 3.29. The first kappa shape index (κ1) is 11.2. The van der Waals surface area contributed by atoms with Gasteiger partial charge in [0, 0.05) is 11.5 Å². The summed E-state index contributed by atoms with van der Waals surface area (Å²) in [5.41, 5.74) is 9.03. The molecule has 84 valence electrons. The SMILES string of the molecule is Cn1ncc(N)c1CCc1ccc(Br)cc1. The molecule has 0 amide bonds. The van der Waals surface area contributed by atoms with E-state index >= 15 is 0 Å². The number of benzene rings is 1. The third-order valence-corrected chi connectivity index (χ3v) is 3.19. The number of aromatic nitrogens is 2. The highest BCUT2D eigenvalue weighted by Gasteiger charge is 2.05. The Hall–Kier alpha value is -1.29. The second-order valence-corrected chi connectivity index (χ2v) is 4.71. The molecule has 3 nitrogen and oxygen atoms in total. The van der Waals surface area contributed by atoms with Gasteiger partial charge < -0.3 is 5.73 Å². The first-order valence-corrected chi connectivity index (χ1v) is 5.97. The van der Waals surface area contributed by atoms with Gasteiger partial charge in [-0.25, -0.2) is 0 Å². The lowest BCUT2D eigenvalue weighted by molar-refractivity contribution is 0.704. The standard InChI is InChI=1S/C12H14BrN3/c1-16-12(11(14)8-15-16)7-4-9-2-5-10(13)6-3-9/h2-3,5-6,8H,4,7,14H2,1H3. The van der Waals surface area contributed by atoms with Gasteiger partial charge >= 0.3 is 0 Å². The van der Waals surface area contributed by atoms with E-state index in [9.17, 15) is 0 Å². The minimum Gasteiger partial charge on any atom is -0.396 e. The highest BCUT2D eigenvalue weighted by Crippen LogP contribution is 2.15. The molecule has 0 unspecified atom stereocenters. The molecule has 0 atom stereocenters. The number of hydrogen-bond donors (Lipinski definition) is 1. The van der Waals surface area contributed by atoms with Crippen LogP contribution < -0.4 is 5.73 Å². The van der Waals surface area contributed by atoms with Crippen molar-refractivity contribution in [2.75, 3.05) is 5.73 Å². The summed E-state index contributed by atoms with van der Waals surface area (Å²) in [6.07, 6.45) is 3.61. The van der Waals surface area contributed by atoms with Gasteiger partial charge in [0.1, 0.15) is 0 Å². The van der Waals surface area contributed by atoms with Crippen LogP contribution in [0.1, 0.15) is 11.3 Å². The minimum absolute atomic E-state index is 0.777. The number of anilines is 1. The van der Waals surface area contributed by atoms with Gasteiger partial charge in [-0.15, -0.1) is 0 Å². The topological polar surface area (TPSA) is 43.8 Å². The van der Waals surface area contributed by atoms with Crippen LogP contribution in [0, 0.1) is 0 Å². The van der Waals surface area contributed by atoms with E-state index in [-0.39, 0.29) is 0 Å². The zero-order valence-corrected chi connectivity index (χ0v) is 10.7. The summed E-state index contributed by atoms with van der Waals surface area (Å²) in [5.74, 6) is 0. The van der Waals surface area contributed by atoms with Gasteiger partial charge in [0.2, 0.25) is 0 Å². The van der Waals surface area contributed by atoms with Crippen LogP contribution in [-0.4, -0.2) is 9.78 Å². The maximum atomic E-state index is 5.84. The van der Waals surface area contributed by atoms with Gasteiger partial charge in [-0.2, -0.15) is 5.10 Å². The fourth-order valence-corrected chi connectivity index (χ4v) is 1.96. The lowest BCUT2D eigenvalue weighted by atomic mass is 10.1. The van der Waals surface area contributed by atoms with E-state index in [0.717, 1.165) is 28.7 Å². The van der Waals surface area contributed by atoms with Crippen molar-refractivity contribution >= 4 is 21.6 Å². The van der Waals surface area contributed by atoms with Crippen molar-refractivity contribution < 1.29 is 0 Å². The molecule has 0 saturated carbocycles. The monoisotopic (exact) mass is 279 g/mol. The molecule has 0 aliphatic heterocycles. The maximum Gasteiger partial charge on any atom is 0.0733 e. The normalized spacial score (nSPS) is 10.6. The highest BCUT2D eigenvalue weighted by atomic mass is 79.9. The molecule has 0 aliphatic rings. The van der Waals surface area contributed by atoms with Crippen molar-refractivity contribution in [2.45, 2.75) is 12.8 Å². The van der Waals surface area contributed by atoms with Crippen molar-refractivity contribution in [1.29, 1.82) is 0 Å². The van der Waals surface area contributed by atoms with Gasteiger partial charge in [0.25, 0.3) is 0 Å². The molecule has 2 rings (SSSR count). The third kappa shape index (κ3) is 2.44. The molecule has 0 bridgehead atoms. The predicted molar refractivity (Wildman–Crippen MR) is 69.2 cm³/mol. The summed E-state index contributed by atoms with van der Waals surface area (Å²) < 4.78 is 2.95. The Morgan fingerprint density at radius 1 is 1.25 bits per heavy atom. The van der Waals surface area contributed by atoms with Crippen LogP contribution >= 0.6 is 15.9 Å². The number of nitrogens with two attached hydrogens (primary N) is 1. The Labute approximate surface area is 103 Å². The van der Waals surface area contributed by atoms with Gasteiger partial charge in [-0.1, -0.05) is 28.1 Å². The van der Waals surface area contributed by atoms with Crippen LogP contribution in [0.4, 0.5) is 5.69 Å². The lowest BCUT2D eigenvalue weighted by Gasteiger charge is -2.04. The van der Waals surface area contributed by atoms with E-state index in [1.807, 2.05) is 11.7 Å². The fraction of sp³-hybridized carbons (Fsp3) is 0.250. The van der Waals surface area contributed by atoms with Crippen LogP contribution in [-0.2, 0) is 19.9 Å². The fourth-order valence-electron chi connectivity index (χ4n) is 1.70. The maximum absolute atomic E-state index is 5.84. The van der Waals surface area contributed by atoms with E-state index in [2.05, 4.69) is 45.3 Å². The number of hydrogen-bond acceptors (Lipinski definition) is 2. The third-order valence-electron chi connectivity index (χ3n) is 2.66. The first-order valence-electron chi connectivity index (χ1n) is 5.17. The molecular weight excluding hydrogens is 266 g/mol. The first-order chi connectivity index (χ1) is 7.66. The van der Waals surface area contributed by atoms with Crippen LogP contribution in [0.2, 0.25) is 0 Å². The second-order valence-electron chi connectivity index (χ2n) is 3.80. The van der Waals surface area contributed by atoms with Crippen LogP contribution in [0.15, 0.2) is 34.9 Å². The summed E-state index contributed by atoms with van der Waals surface area (Å²) in [6.45, 7) is 0. The summed E-state index contributed by atoms with van der Waals surface area (Å²) in [5, 5.41) is 4.13. The predicted octanol–water partition coefficient (Wildman–Crippen LogP) is 2.55. The van der Waals surface area contributed by atoms with Crippen molar-refractivity contribution in [1.82, 2.24) is 9.78 Å². The molecule has 1 heterocycles. The van der Waals surface area contributed by atoms with Crippen LogP contribution in [0.25, 0.3) is 0 Å². The van der Waals surface area contributed by atoms with E-state index in [0.29, 0.717) is 0 Å². The quantitative estimate of drug-likeness (QED) is 0.939. The Balaban J connectivity index is 2.05. The summed E-state index contributed by atoms with van der Waals surface area (Å²) >= 11 is 3.42. The summed E-state index contributed by atoms with van der Waals surface area (Å²) in [7, 11) is 1.92. The average Bonchev–Trinajstić information content (AvgIpc) is 2.59. The van der Waals surface area contributed by atoms with Crippen molar-refractivity contribution in [2.24, 2.45) is 7.05 Å². The molecule has 1 aromatic carbocycles. The zero-order valence-electron chi connectivity index (χ0n) is 9.15. The number of rotatable bonds is 3. The Morgan fingerprint density at radius 2 is 1.94 bits per heavy atom. The van der Waals surface area contributed by atoms with E-state index < -0.39 is 0 Å². The molecule has 2 aromatic rings. The van der Waals surface area contributed by atoms with Gasteiger partial charge in [-0.05, 0) is 30.5 Å². The van der Waals surface area contributed by atoms with Gasteiger partial charge in [0.05, 0.1) is 17.6 Å². The van der Waals surface area contributed by atoms with Crippen molar-refractivity contribution in [3.8, 4) is 0 Å². The smallest absolute Gasteiger partial charge is 0.0733 e. The van der Waals surface area contributed by atoms with Gasteiger partial charge in [-0.3, -0.25) is 4.68 Å².